The summed E-state index contributed by atoms with van der Waals surface area (Å²) in [4.78, 5) is 17.7. The van der Waals surface area contributed by atoms with Crippen LogP contribution < -0.4 is 9.47 Å². The van der Waals surface area contributed by atoms with Gasteiger partial charge in [0.05, 0.1) is 13.2 Å². The third-order valence-corrected chi connectivity index (χ3v) is 7.13. The van der Waals surface area contributed by atoms with Gasteiger partial charge in [-0.2, -0.15) is 0 Å². The van der Waals surface area contributed by atoms with Crippen LogP contribution in [-0.2, 0) is 17.8 Å². The van der Waals surface area contributed by atoms with Crippen molar-refractivity contribution in [1.29, 1.82) is 0 Å². The molecule has 172 valence electrons. The smallest absolute Gasteiger partial charge is 0.224 e. The van der Waals surface area contributed by atoms with Crippen molar-refractivity contribution >= 4 is 5.91 Å². The zero-order valence-corrected chi connectivity index (χ0v) is 19.6. The van der Waals surface area contributed by atoms with E-state index in [1.165, 1.54) is 24.8 Å². The molecule has 5 nitrogen and oxygen atoms in total. The summed E-state index contributed by atoms with van der Waals surface area (Å²) < 4.78 is 11.5. The molecule has 2 heterocycles. The molecule has 2 atom stereocenters. The first-order chi connectivity index (χ1) is 15.5. The van der Waals surface area contributed by atoms with Gasteiger partial charge in [-0.05, 0) is 75.9 Å². The Kier molecular flexibility index (Phi) is 7.36. The molecule has 2 aromatic rings. The number of likely N-dealkylation sites (tertiary alicyclic amines) is 1. The Balaban J connectivity index is 1.30. The van der Waals surface area contributed by atoms with E-state index < -0.39 is 0 Å². The number of amides is 1. The van der Waals surface area contributed by atoms with Crippen LogP contribution in [0, 0.1) is 5.92 Å². The van der Waals surface area contributed by atoms with Gasteiger partial charge in [0.25, 0.3) is 0 Å². The molecule has 0 N–H and O–H groups in total. The number of hydrogen-bond donors (Lipinski definition) is 0. The van der Waals surface area contributed by atoms with Crippen molar-refractivity contribution in [3.05, 3.63) is 59.7 Å². The Morgan fingerprint density at radius 2 is 1.84 bits per heavy atom. The predicted molar refractivity (Wildman–Crippen MR) is 127 cm³/mol. The maximum atomic E-state index is 13.2. The second-order valence-electron chi connectivity index (χ2n) is 9.28. The molecule has 32 heavy (non-hydrogen) atoms. The van der Waals surface area contributed by atoms with E-state index in [1.54, 1.807) is 7.11 Å². The summed E-state index contributed by atoms with van der Waals surface area (Å²) in [6.07, 6.45) is 4.09. The van der Waals surface area contributed by atoms with Crippen molar-refractivity contribution < 1.29 is 14.3 Å². The van der Waals surface area contributed by atoms with Gasteiger partial charge >= 0.3 is 0 Å². The monoisotopic (exact) mass is 436 g/mol. The zero-order chi connectivity index (χ0) is 22.5. The van der Waals surface area contributed by atoms with E-state index in [9.17, 15) is 4.79 Å². The summed E-state index contributed by atoms with van der Waals surface area (Å²) in [5, 5.41) is 0. The summed E-state index contributed by atoms with van der Waals surface area (Å²) in [5.74, 6) is 2.59. The number of fused-ring (bicyclic) bond motifs is 1. The minimum atomic E-state index is -0.0534. The summed E-state index contributed by atoms with van der Waals surface area (Å²) in [6.45, 7) is 7.69. The Labute approximate surface area is 192 Å². The number of hydrogen-bond acceptors (Lipinski definition) is 4. The van der Waals surface area contributed by atoms with Crippen LogP contribution in [0.2, 0.25) is 0 Å². The number of benzene rings is 2. The van der Waals surface area contributed by atoms with Crippen molar-refractivity contribution in [2.24, 2.45) is 5.92 Å². The number of nitrogens with zero attached hydrogens (tertiary/aromatic N) is 2. The van der Waals surface area contributed by atoms with Crippen LogP contribution in [-0.4, -0.2) is 54.6 Å². The molecule has 2 aliphatic heterocycles. The van der Waals surface area contributed by atoms with E-state index in [2.05, 4.69) is 42.2 Å². The van der Waals surface area contributed by atoms with Crippen LogP contribution in [0.15, 0.2) is 48.5 Å². The Hall–Kier alpha value is -2.53. The van der Waals surface area contributed by atoms with Crippen LogP contribution in [0.3, 0.4) is 0 Å². The van der Waals surface area contributed by atoms with E-state index >= 15 is 0 Å². The van der Waals surface area contributed by atoms with E-state index in [4.69, 9.17) is 9.47 Å². The minimum absolute atomic E-state index is 0.0255. The number of rotatable bonds is 6. The molecule has 1 saturated heterocycles. The number of methoxy groups -OCH3 is 1. The molecule has 0 spiro atoms. The fourth-order valence-corrected chi connectivity index (χ4v) is 4.88. The summed E-state index contributed by atoms with van der Waals surface area (Å²) >= 11 is 0. The Morgan fingerprint density at radius 3 is 2.56 bits per heavy atom. The Bertz CT molecular complexity index is 893. The topological polar surface area (TPSA) is 42.0 Å². The molecule has 0 unspecified atom stereocenters. The first-order valence-electron chi connectivity index (χ1n) is 11.9. The fraction of sp³-hybridized carbons (Fsp3) is 0.519. The third-order valence-electron chi connectivity index (χ3n) is 7.13. The van der Waals surface area contributed by atoms with Crippen LogP contribution in [0.5, 0.6) is 11.5 Å². The lowest BCUT2D eigenvalue weighted by Gasteiger charge is -2.34. The van der Waals surface area contributed by atoms with Gasteiger partial charge in [0, 0.05) is 25.1 Å². The SMILES string of the molecule is COc1ccc2c(c1)CN(C(=O)CCN1CCC(Cc3ccccc3)CC1)[C@@H](C)[C@@H](C)O2. The second kappa shape index (κ2) is 10.4. The van der Waals surface area contributed by atoms with Crippen molar-refractivity contribution in [2.45, 2.75) is 58.2 Å². The molecular formula is C27H36N2O3. The molecule has 5 heteroatoms. The molecule has 1 amide bonds. The van der Waals surface area contributed by atoms with Gasteiger partial charge in [0.1, 0.15) is 17.6 Å². The second-order valence-corrected chi connectivity index (χ2v) is 9.28. The molecule has 0 radical (unpaired) electrons. The average molecular weight is 437 g/mol. The standard InChI is InChI=1S/C27H36N2O3/c1-20-21(2)32-26-10-9-25(31-3)18-24(26)19-29(20)27(30)13-16-28-14-11-23(12-15-28)17-22-7-5-4-6-8-22/h4-10,18,20-21,23H,11-17,19H2,1-3H3/t20-,21+/m0/s1. The minimum Gasteiger partial charge on any atom is -0.497 e. The van der Waals surface area contributed by atoms with Gasteiger partial charge in [0.15, 0.2) is 0 Å². The lowest BCUT2D eigenvalue weighted by Crippen LogP contribution is -2.45. The van der Waals surface area contributed by atoms with Crippen LogP contribution in [0.25, 0.3) is 0 Å². The van der Waals surface area contributed by atoms with Gasteiger partial charge in [-0.25, -0.2) is 0 Å². The zero-order valence-electron chi connectivity index (χ0n) is 19.6. The maximum Gasteiger partial charge on any atom is 0.224 e. The largest absolute Gasteiger partial charge is 0.497 e. The Morgan fingerprint density at radius 1 is 1.09 bits per heavy atom. The van der Waals surface area contributed by atoms with Crippen LogP contribution >= 0.6 is 0 Å². The van der Waals surface area contributed by atoms with E-state index in [-0.39, 0.29) is 18.1 Å². The molecule has 0 bridgehead atoms. The lowest BCUT2D eigenvalue weighted by molar-refractivity contribution is -0.135. The quantitative estimate of drug-likeness (QED) is 0.667. The molecule has 0 saturated carbocycles. The fourth-order valence-electron chi connectivity index (χ4n) is 4.88. The molecule has 0 aliphatic carbocycles. The molecule has 1 fully saturated rings. The summed E-state index contributed by atoms with van der Waals surface area (Å²) in [6, 6.07) is 16.7. The van der Waals surface area contributed by atoms with Gasteiger partial charge in [-0.3, -0.25) is 4.79 Å². The highest BCUT2D eigenvalue weighted by atomic mass is 16.5. The average Bonchev–Trinajstić information content (AvgIpc) is 2.94. The highest BCUT2D eigenvalue weighted by Gasteiger charge is 2.31. The third kappa shape index (κ3) is 5.44. The summed E-state index contributed by atoms with van der Waals surface area (Å²) in [7, 11) is 1.66. The number of ether oxygens (including phenoxy) is 2. The van der Waals surface area contributed by atoms with E-state index in [0.29, 0.717) is 13.0 Å². The number of carbonyl (C=O) groups excluding carboxylic acids is 1. The molecule has 0 aromatic heterocycles. The number of piperidine rings is 1. The van der Waals surface area contributed by atoms with Gasteiger partial charge in [0.2, 0.25) is 5.91 Å². The van der Waals surface area contributed by atoms with Crippen molar-refractivity contribution in [3.63, 3.8) is 0 Å². The van der Waals surface area contributed by atoms with Crippen LogP contribution in [0.4, 0.5) is 0 Å². The summed E-state index contributed by atoms with van der Waals surface area (Å²) in [5.41, 5.74) is 2.44. The first-order valence-corrected chi connectivity index (χ1v) is 11.9. The van der Waals surface area contributed by atoms with Gasteiger partial charge in [-0.1, -0.05) is 30.3 Å². The van der Waals surface area contributed by atoms with E-state index in [0.717, 1.165) is 42.6 Å². The normalized spacial score (nSPS) is 22.0. The predicted octanol–water partition coefficient (Wildman–Crippen LogP) is 4.54. The van der Waals surface area contributed by atoms with Crippen molar-refractivity contribution in [3.8, 4) is 11.5 Å². The van der Waals surface area contributed by atoms with Crippen molar-refractivity contribution in [2.75, 3.05) is 26.7 Å². The molecular weight excluding hydrogens is 400 g/mol. The van der Waals surface area contributed by atoms with Crippen LogP contribution in [0.1, 0.15) is 44.2 Å². The lowest BCUT2D eigenvalue weighted by atomic mass is 9.90. The molecule has 4 rings (SSSR count). The highest BCUT2D eigenvalue weighted by molar-refractivity contribution is 5.77. The maximum absolute atomic E-state index is 13.2. The van der Waals surface area contributed by atoms with E-state index in [1.807, 2.05) is 30.0 Å². The highest BCUT2D eigenvalue weighted by Crippen LogP contribution is 2.31. The van der Waals surface area contributed by atoms with Gasteiger partial charge < -0.3 is 19.3 Å². The molecule has 2 aliphatic rings. The van der Waals surface area contributed by atoms with Crippen molar-refractivity contribution in [1.82, 2.24) is 9.80 Å². The van der Waals surface area contributed by atoms with Gasteiger partial charge in [-0.15, -0.1) is 0 Å². The molecule has 2 aromatic carbocycles. The first kappa shape index (κ1) is 22.7. The number of carbonyl (C=O) groups is 1.